The van der Waals surface area contributed by atoms with Gasteiger partial charge in [0.05, 0.1) is 0 Å². The number of fused-ring (bicyclic) bond motifs is 2. The molecule has 2 fully saturated rings. The number of hydrogen-bond acceptors (Lipinski definition) is 3. The van der Waals surface area contributed by atoms with Crippen molar-refractivity contribution in [1.82, 2.24) is 0 Å². The van der Waals surface area contributed by atoms with Crippen molar-refractivity contribution in [3.8, 4) is 0 Å². The molecule has 4 atom stereocenters. The Morgan fingerprint density at radius 2 is 1.32 bits per heavy atom. The molecule has 2 aliphatic rings. The summed E-state index contributed by atoms with van der Waals surface area (Å²) >= 11 is 0. The summed E-state index contributed by atoms with van der Waals surface area (Å²) in [5, 5.41) is 0. The van der Waals surface area contributed by atoms with Crippen LogP contribution in [0.2, 0.25) is 51.4 Å². The van der Waals surface area contributed by atoms with Crippen molar-refractivity contribution < 1.29 is 12.3 Å². The molecule has 0 N–H and O–H groups in total. The van der Waals surface area contributed by atoms with E-state index in [0.29, 0.717) is 5.54 Å². The van der Waals surface area contributed by atoms with Gasteiger partial charge in [-0.1, -0.05) is 24.2 Å². The highest BCUT2D eigenvalue weighted by molar-refractivity contribution is 6.92. The Morgan fingerprint density at radius 3 is 1.76 bits per heavy atom. The third-order valence-corrected chi connectivity index (χ3v) is 21.2. The van der Waals surface area contributed by atoms with E-state index in [1.807, 2.05) is 11.4 Å². The lowest BCUT2D eigenvalue weighted by atomic mass is 10.0. The fraction of sp³-hybridized carbons (Fsp3) is 0.778. The van der Waals surface area contributed by atoms with Crippen LogP contribution < -0.4 is 0 Å². The van der Waals surface area contributed by atoms with Crippen molar-refractivity contribution in [2.24, 2.45) is 11.8 Å². The Morgan fingerprint density at radius 1 is 0.760 bits per heavy atom. The Labute approximate surface area is 159 Å². The van der Waals surface area contributed by atoms with Crippen LogP contribution in [0.1, 0.15) is 25.7 Å². The highest BCUT2D eigenvalue weighted by atomic mass is 28.5. The molecule has 7 heteroatoms. The van der Waals surface area contributed by atoms with Gasteiger partial charge in [0.1, 0.15) is 0 Å². The topological polar surface area (TPSA) is 27.7 Å². The van der Waals surface area contributed by atoms with E-state index in [1.165, 1.54) is 25.7 Å². The van der Waals surface area contributed by atoms with E-state index < -0.39 is 33.8 Å². The lowest BCUT2D eigenvalue weighted by Gasteiger charge is -2.46. The van der Waals surface area contributed by atoms with Crippen molar-refractivity contribution in [2.45, 2.75) is 77.1 Å². The number of hydrogen-bond donors (Lipinski definition) is 0. The summed E-state index contributed by atoms with van der Waals surface area (Å²) in [6.45, 7) is 23.6. The molecule has 25 heavy (non-hydrogen) atoms. The van der Waals surface area contributed by atoms with Crippen molar-refractivity contribution in [3.63, 3.8) is 0 Å². The molecule has 2 bridgehead atoms. The van der Waals surface area contributed by atoms with Crippen LogP contribution in [-0.4, -0.2) is 33.8 Å². The summed E-state index contributed by atoms with van der Waals surface area (Å²) in [7, 11) is -8.44. The summed E-state index contributed by atoms with van der Waals surface area (Å²) in [5.41, 5.74) is 4.67. The quantitative estimate of drug-likeness (QED) is 0.442. The summed E-state index contributed by atoms with van der Waals surface area (Å²) in [5.74, 6) is 1.69. The third-order valence-electron chi connectivity index (χ3n) is 5.82. The second-order valence-electron chi connectivity index (χ2n) is 9.62. The van der Waals surface area contributed by atoms with E-state index >= 15 is 0 Å². The molecule has 2 saturated carbocycles. The summed E-state index contributed by atoms with van der Waals surface area (Å²) < 4.78 is 20.4. The van der Waals surface area contributed by atoms with Crippen LogP contribution in [0.4, 0.5) is 0 Å². The van der Waals surface area contributed by atoms with E-state index in [9.17, 15) is 0 Å². The maximum atomic E-state index is 6.94. The molecule has 0 aromatic carbocycles. The van der Waals surface area contributed by atoms with Gasteiger partial charge < -0.3 is 12.3 Å². The van der Waals surface area contributed by atoms with Crippen molar-refractivity contribution in [1.29, 1.82) is 0 Å². The molecule has 0 spiro atoms. The molecule has 3 nitrogen and oxygen atoms in total. The smallest absolute Gasteiger partial charge is 0.319 e. The van der Waals surface area contributed by atoms with Crippen LogP contribution in [-0.2, 0) is 12.3 Å². The molecule has 2 aliphatic carbocycles. The van der Waals surface area contributed by atoms with Crippen LogP contribution in [0.5, 0.6) is 0 Å². The molecule has 0 amide bonds. The molecule has 0 heterocycles. The van der Waals surface area contributed by atoms with Gasteiger partial charge in [-0.25, -0.2) is 0 Å². The predicted octanol–water partition coefficient (Wildman–Crippen LogP) is 5.86. The highest BCUT2D eigenvalue weighted by Crippen LogP contribution is 2.56. The van der Waals surface area contributed by atoms with Crippen molar-refractivity contribution in [3.05, 3.63) is 24.6 Å². The average molecular weight is 415 g/mol. The Balaban J connectivity index is 2.25. The second kappa shape index (κ2) is 7.33. The van der Waals surface area contributed by atoms with E-state index in [1.54, 1.807) is 0 Å². The zero-order valence-corrected chi connectivity index (χ0v) is 21.4. The minimum Gasteiger partial charge on any atom is -0.433 e. The maximum absolute atomic E-state index is 6.94. The van der Waals surface area contributed by atoms with Crippen LogP contribution >= 0.6 is 0 Å². The summed E-state index contributed by atoms with van der Waals surface area (Å²) in [6, 6.07) is 0. The van der Waals surface area contributed by atoms with Gasteiger partial charge in [-0.15, -0.1) is 13.2 Å². The Hall–Kier alpha value is 0.228. The molecule has 2 rings (SSSR count). The minimum atomic E-state index is -2.36. The second-order valence-corrected chi connectivity index (χ2v) is 24.9. The number of rotatable bonds is 9. The van der Waals surface area contributed by atoms with Gasteiger partial charge >= 0.3 is 17.1 Å². The fourth-order valence-corrected chi connectivity index (χ4v) is 22.8. The van der Waals surface area contributed by atoms with Crippen molar-refractivity contribution >= 4 is 33.8 Å². The Bertz CT molecular complexity index is 520. The first-order chi connectivity index (χ1) is 11.3. The first-order valence-electron chi connectivity index (χ1n) is 9.69. The lowest BCUT2D eigenvalue weighted by Crippen LogP contribution is -2.60. The first-order valence-corrected chi connectivity index (χ1v) is 20.9. The Kier molecular flexibility index (Phi) is 6.31. The van der Waals surface area contributed by atoms with Crippen LogP contribution in [0, 0.1) is 11.8 Å². The van der Waals surface area contributed by atoms with Crippen LogP contribution in [0.3, 0.4) is 0 Å². The molecule has 0 aliphatic heterocycles. The zero-order chi connectivity index (χ0) is 19.1. The molecule has 0 radical (unpaired) electrons. The van der Waals surface area contributed by atoms with Crippen LogP contribution in [0.15, 0.2) is 24.6 Å². The maximum Gasteiger partial charge on any atom is 0.319 e. The van der Waals surface area contributed by atoms with Gasteiger partial charge in [-0.3, -0.25) is 0 Å². The SMILES string of the molecule is C=C[Si](C)(C)O[Si](C)(C)O[Si](C)(O[Si](C)(C)C=C)C1CC2CCC1C2. The minimum absolute atomic E-state index is 0.613. The fourth-order valence-electron chi connectivity index (χ4n) is 4.81. The first kappa shape index (κ1) is 21.5. The lowest BCUT2D eigenvalue weighted by molar-refractivity contribution is 0.290. The van der Waals surface area contributed by atoms with Gasteiger partial charge in [0, 0.05) is 5.54 Å². The van der Waals surface area contributed by atoms with E-state index in [0.717, 1.165) is 11.8 Å². The van der Waals surface area contributed by atoms with Crippen LogP contribution in [0.25, 0.3) is 0 Å². The van der Waals surface area contributed by atoms with Gasteiger partial charge in [-0.2, -0.15) is 0 Å². The summed E-state index contributed by atoms with van der Waals surface area (Å²) in [6.07, 6.45) is 5.44. The predicted molar refractivity (Wildman–Crippen MR) is 117 cm³/mol. The zero-order valence-electron chi connectivity index (χ0n) is 17.4. The molecular formula is C18H38O3Si4. The molecule has 4 unspecified atom stereocenters. The molecule has 0 saturated heterocycles. The van der Waals surface area contributed by atoms with Gasteiger partial charge in [0.2, 0.25) is 0 Å². The average Bonchev–Trinajstić information content (AvgIpc) is 3.07. The molecule has 0 aromatic rings. The molecule has 0 aromatic heterocycles. The standard InChI is InChI=1S/C18H38O3Si4/c1-10-22(3,4)19-24(7,8)21-25(9,20-23(5,6)11-2)18-15-16-12-13-17(18)14-16/h10-11,16-18H,1-2,12-15H2,3-9H3. The highest BCUT2D eigenvalue weighted by Gasteiger charge is 2.56. The largest absolute Gasteiger partial charge is 0.433 e. The molecule has 144 valence electrons. The van der Waals surface area contributed by atoms with E-state index in [4.69, 9.17) is 12.3 Å². The molecular weight excluding hydrogens is 377 g/mol. The van der Waals surface area contributed by atoms with Gasteiger partial charge in [-0.05, 0) is 70.5 Å². The van der Waals surface area contributed by atoms with E-state index in [2.05, 4.69) is 59.0 Å². The van der Waals surface area contributed by atoms with Crippen molar-refractivity contribution in [2.75, 3.05) is 0 Å². The monoisotopic (exact) mass is 414 g/mol. The van der Waals surface area contributed by atoms with Gasteiger partial charge in [0.15, 0.2) is 16.6 Å². The van der Waals surface area contributed by atoms with Gasteiger partial charge in [0.25, 0.3) is 0 Å². The third kappa shape index (κ3) is 5.37. The van der Waals surface area contributed by atoms with E-state index in [-0.39, 0.29) is 0 Å². The normalized spacial score (nSPS) is 29.5. The summed E-state index contributed by atoms with van der Waals surface area (Å²) in [4.78, 5) is 0.